The molecule has 0 spiro atoms. The lowest BCUT2D eigenvalue weighted by atomic mass is 9.87. The van der Waals surface area contributed by atoms with E-state index < -0.39 is 0 Å². The second-order valence-corrected chi connectivity index (χ2v) is 6.28. The Morgan fingerprint density at radius 2 is 2.04 bits per heavy atom. The lowest BCUT2D eigenvalue weighted by Crippen LogP contribution is -2.36. The SMILES string of the molecule is O=C(NCCc1nccc(-c2ccccc2)n1)[C@@H]1CCC[C@H](O)C1. The van der Waals surface area contributed by atoms with Gasteiger partial charge in [-0.25, -0.2) is 9.97 Å². The van der Waals surface area contributed by atoms with E-state index in [2.05, 4.69) is 15.3 Å². The van der Waals surface area contributed by atoms with Gasteiger partial charge < -0.3 is 10.4 Å². The number of benzene rings is 1. The third kappa shape index (κ3) is 4.38. The minimum absolute atomic E-state index is 0.0352. The molecule has 1 aliphatic rings. The largest absolute Gasteiger partial charge is 0.393 e. The van der Waals surface area contributed by atoms with E-state index in [0.717, 1.165) is 36.3 Å². The molecule has 0 aliphatic heterocycles. The zero-order chi connectivity index (χ0) is 16.8. The van der Waals surface area contributed by atoms with Crippen molar-refractivity contribution in [1.82, 2.24) is 15.3 Å². The van der Waals surface area contributed by atoms with Gasteiger partial charge in [-0.15, -0.1) is 0 Å². The van der Waals surface area contributed by atoms with E-state index in [-0.39, 0.29) is 17.9 Å². The summed E-state index contributed by atoms with van der Waals surface area (Å²) in [5.41, 5.74) is 1.95. The number of hydrogen-bond donors (Lipinski definition) is 2. The minimum Gasteiger partial charge on any atom is -0.393 e. The van der Waals surface area contributed by atoms with Crippen molar-refractivity contribution in [2.75, 3.05) is 6.54 Å². The maximum atomic E-state index is 12.2. The van der Waals surface area contributed by atoms with E-state index >= 15 is 0 Å². The van der Waals surface area contributed by atoms with Gasteiger partial charge in [0.05, 0.1) is 11.8 Å². The topological polar surface area (TPSA) is 75.1 Å². The Balaban J connectivity index is 1.53. The zero-order valence-electron chi connectivity index (χ0n) is 13.7. The molecule has 5 nitrogen and oxygen atoms in total. The van der Waals surface area contributed by atoms with E-state index in [1.807, 2.05) is 36.4 Å². The zero-order valence-corrected chi connectivity index (χ0v) is 13.7. The molecule has 1 aliphatic carbocycles. The van der Waals surface area contributed by atoms with Crippen molar-refractivity contribution < 1.29 is 9.90 Å². The molecule has 2 atom stereocenters. The summed E-state index contributed by atoms with van der Waals surface area (Å²) in [6.07, 6.45) is 5.19. The van der Waals surface area contributed by atoms with Gasteiger partial charge in [0.1, 0.15) is 5.82 Å². The van der Waals surface area contributed by atoms with Crippen LogP contribution in [0.3, 0.4) is 0 Å². The number of hydrogen-bond acceptors (Lipinski definition) is 4. The lowest BCUT2D eigenvalue weighted by molar-refractivity contribution is -0.127. The van der Waals surface area contributed by atoms with Gasteiger partial charge in [0.2, 0.25) is 5.91 Å². The smallest absolute Gasteiger partial charge is 0.223 e. The monoisotopic (exact) mass is 325 g/mol. The molecule has 1 aromatic heterocycles. The van der Waals surface area contributed by atoms with Crippen LogP contribution in [0.25, 0.3) is 11.3 Å². The molecule has 126 valence electrons. The van der Waals surface area contributed by atoms with Crippen LogP contribution >= 0.6 is 0 Å². The van der Waals surface area contributed by atoms with Crippen molar-refractivity contribution in [2.45, 2.75) is 38.2 Å². The highest BCUT2D eigenvalue weighted by Gasteiger charge is 2.25. The fourth-order valence-electron chi connectivity index (χ4n) is 3.13. The highest BCUT2D eigenvalue weighted by molar-refractivity contribution is 5.78. The Hall–Kier alpha value is -2.27. The molecular formula is C19H23N3O2. The Kier molecular flexibility index (Phi) is 5.54. The molecule has 2 aromatic rings. The molecule has 2 N–H and O–H groups in total. The number of nitrogens with one attached hydrogen (secondary N) is 1. The van der Waals surface area contributed by atoms with Crippen molar-refractivity contribution in [3.63, 3.8) is 0 Å². The van der Waals surface area contributed by atoms with Gasteiger partial charge in [-0.05, 0) is 25.3 Å². The fourth-order valence-corrected chi connectivity index (χ4v) is 3.13. The molecule has 0 radical (unpaired) electrons. The predicted octanol–water partition coefficient (Wildman–Crippen LogP) is 2.35. The van der Waals surface area contributed by atoms with Crippen molar-refractivity contribution >= 4 is 5.91 Å². The Labute approximate surface area is 142 Å². The van der Waals surface area contributed by atoms with Crippen molar-refractivity contribution in [1.29, 1.82) is 0 Å². The van der Waals surface area contributed by atoms with Crippen LogP contribution in [0.2, 0.25) is 0 Å². The van der Waals surface area contributed by atoms with Crippen LogP contribution in [0, 0.1) is 5.92 Å². The molecule has 24 heavy (non-hydrogen) atoms. The van der Waals surface area contributed by atoms with Gasteiger partial charge in [0.15, 0.2) is 0 Å². The Bertz CT molecular complexity index is 675. The summed E-state index contributed by atoms with van der Waals surface area (Å²) in [6.45, 7) is 0.518. The van der Waals surface area contributed by atoms with Crippen LogP contribution in [0.15, 0.2) is 42.6 Å². The second kappa shape index (κ2) is 8.02. The number of rotatable bonds is 5. The molecule has 1 saturated carbocycles. The van der Waals surface area contributed by atoms with Gasteiger partial charge >= 0.3 is 0 Å². The average molecular weight is 325 g/mol. The van der Waals surface area contributed by atoms with E-state index in [4.69, 9.17) is 0 Å². The maximum Gasteiger partial charge on any atom is 0.223 e. The first-order valence-corrected chi connectivity index (χ1v) is 8.55. The number of amides is 1. The van der Waals surface area contributed by atoms with Gasteiger partial charge in [-0.3, -0.25) is 4.79 Å². The minimum atomic E-state index is -0.333. The first-order chi connectivity index (χ1) is 11.7. The predicted molar refractivity (Wildman–Crippen MR) is 92.1 cm³/mol. The van der Waals surface area contributed by atoms with Gasteiger partial charge in [-0.2, -0.15) is 0 Å². The molecule has 1 heterocycles. The first-order valence-electron chi connectivity index (χ1n) is 8.55. The van der Waals surface area contributed by atoms with E-state index in [1.165, 1.54) is 0 Å². The molecule has 5 heteroatoms. The van der Waals surface area contributed by atoms with Crippen LogP contribution < -0.4 is 5.32 Å². The standard InChI is InChI=1S/C19H23N3O2/c23-16-8-4-7-15(13-16)19(24)21-12-10-18-20-11-9-17(22-18)14-5-2-1-3-6-14/h1-3,5-6,9,11,15-16,23H,4,7-8,10,12-13H2,(H,21,24)/t15-,16+/m1/s1. The van der Waals surface area contributed by atoms with Crippen molar-refractivity contribution in [3.8, 4) is 11.3 Å². The number of aromatic nitrogens is 2. The summed E-state index contributed by atoms with van der Waals surface area (Å²) in [5.74, 6) is 0.693. The quantitative estimate of drug-likeness (QED) is 0.885. The average Bonchev–Trinajstić information content (AvgIpc) is 2.63. The van der Waals surface area contributed by atoms with Crippen LogP contribution in [0.5, 0.6) is 0 Å². The number of nitrogens with zero attached hydrogens (tertiary/aromatic N) is 2. The normalized spacial score (nSPS) is 20.5. The van der Waals surface area contributed by atoms with Crippen LogP contribution in [0.4, 0.5) is 0 Å². The third-order valence-corrected chi connectivity index (χ3v) is 4.44. The highest BCUT2D eigenvalue weighted by Crippen LogP contribution is 2.24. The van der Waals surface area contributed by atoms with Gasteiger partial charge in [0.25, 0.3) is 0 Å². The summed E-state index contributed by atoms with van der Waals surface area (Å²) < 4.78 is 0. The number of carbonyl (C=O) groups is 1. The third-order valence-electron chi connectivity index (χ3n) is 4.44. The molecule has 0 saturated heterocycles. The van der Waals surface area contributed by atoms with E-state index in [1.54, 1.807) is 6.20 Å². The molecule has 0 bridgehead atoms. The lowest BCUT2D eigenvalue weighted by Gasteiger charge is -2.24. The summed E-state index contributed by atoms with van der Waals surface area (Å²) in [7, 11) is 0. The van der Waals surface area contributed by atoms with Crippen LogP contribution in [0.1, 0.15) is 31.5 Å². The highest BCUT2D eigenvalue weighted by atomic mass is 16.3. The summed E-state index contributed by atoms with van der Waals surface area (Å²) in [4.78, 5) is 21.0. The Morgan fingerprint density at radius 1 is 1.21 bits per heavy atom. The second-order valence-electron chi connectivity index (χ2n) is 6.28. The Morgan fingerprint density at radius 3 is 2.83 bits per heavy atom. The van der Waals surface area contributed by atoms with E-state index in [9.17, 15) is 9.90 Å². The first kappa shape index (κ1) is 16.6. The molecule has 1 aromatic carbocycles. The number of carbonyl (C=O) groups excluding carboxylic acids is 1. The van der Waals surface area contributed by atoms with Gasteiger partial charge in [0, 0.05) is 30.6 Å². The van der Waals surface area contributed by atoms with Crippen LogP contribution in [-0.4, -0.2) is 33.6 Å². The summed E-state index contributed by atoms with van der Waals surface area (Å²) in [6, 6.07) is 11.9. The molecular weight excluding hydrogens is 302 g/mol. The van der Waals surface area contributed by atoms with Crippen LogP contribution in [-0.2, 0) is 11.2 Å². The molecule has 1 fully saturated rings. The van der Waals surface area contributed by atoms with Crippen molar-refractivity contribution in [3.05, 3.63) is 48.4 Å². The van der Waals surface area contributed by atoms with Crippen molar-refractivity contribution in [2.24, 2.45) is 5.92 Å². The molecule has 3 rings (SSSR count). The molecule has 0 unspecified atom stereocenters. The summed E-state index contributed by atoms with van der Waals surface area (Å²) in [5, 5.41) is 12.6. The summed E-state index contributed by atoms with van der Waals surface area (Å²) >= 11 is 0. The maximum absolute atomic E-state index is 12.2. The fraction of sp³-hybridized carbons (Fsp3) is 0.421. The van der Waals surface area contributed by atoms with Gasteiger partial charge in [-0.1, -0.05) is 36.8 Å². The number of aliphatic hydroxyl groups is 1. The van der Waals surface area contributed by atoms with E-state index in [0.29, 0.717) is 19.4 Å². The number of aliphatic hydroxyl groups excluding tert-OH is 1. The molecule has 1 amide bonds.